The van der Waals surface area contributed by atoms with Gasteiger partial charge in [-0.1, -0.05) is 45.0 Å². The molecule has 3 aliphatic rings. The molecule has 6 nitrogen and oxygen atoms in total. The molecule has 1 unspecified atom stereocenters. The van der Waals surface area contributed by atoms with Gasteiger partial charge in [0.2, 0.25) is 11.8 Å². The van der Waals surface area contributed by atoms with E-state index in [9.17, 15) is 14.4 Å². The van der Waals surface area contributed by atoms with Crippen LogP contribution < -0.4 is 16.0 Å². The molecule has 1 heterocycles. The molecule has 4 atom stereocenters. The van der Waals surface area contributed by atoms with Crippen LogP contribution in [-0.4, -0.2) is 23.8 Å². The maximum Gasteiger partial charge on any atom is 0.255 e. The number of imide groups is 1. The lowest BCUT2D eigenvalue weighted by Gasteiger charge is -2.39. The Morgan fingerprint density at radius 2 is 1.71 bits per heavy atom. The molecule has 2 aliphatic carbocycles. The zero-order chi connectivity index (χ0) is 24.8. The van der Waals surface area contributed by atoms with E-state index in [1.807, 2.05) is 36.4 Å². The van der Waals surface area contributed by atoms with Crippen molar-refractivity contribution in [3.63, 3.8) is 0 Å². The van der Waals surface area contributed by atoms with Gasteiger partial charge < -0.3 is 10.6 Å². The lowest BCUT2D eigenvalue weighted by molar-refractivity contribution is -0.134. The lowest BCUT2D eigenvalue weighted by atomic mass is 9.69. The highest BCUT2D eigenvalue weighted by atomic mass is 16.2. The van der Waals surface area contributed by atoms with Crippen molar-refractivity contribution in [1.29, 1.82) is 0 Å². The van der Waals surface area contributed by atoms with E-state index in [2.05, 4.69) is 36.7 Å². The number of hydrogen-bond acceptors (Lipinski definition) is 4. The molecule has 3 fully saturated rings. The third-order valence-corrected chi connectivity index (χ3v) is 9.37. The first-order valence-electron chi connectivity index (χ1n) is 12.7. The summed E-state index contributed by atoms with van der Waals surface area (Å²) in [5, 5.41) is 9.12. The Hall–Kier alpha value is -2.99. The van der Waals surface area contributed by atoms with Crippen molar-refractivity contribution < 1.29 is 14.4 Å². The first kappa shape index (κ1) is 23.7. The standard InChI is InChI=1S/C29H35N3O3/c1-28(2)21-14-15-29(28,3)24(16-21)30-17-18-4-6-20(7-5-18)26(34)31-22-10-8-19(9-11-22)23-12-13-25(33)32-27(23)35/h4-11,21,23-24,30H,12-17H2,1-3H3,(H,31,34)(H,32,33,35)/t21-,23?,24+,29+/m1/s1. The molecule has 2 aromatic carbocycles. The zero-order valence-corrected chi connectivity index (χ0v) is 20.8. The fourth-order valence-corrected chi connectivity index (χ4v) is 6.54. The minimum absolute atomic E-state index is 0.166. The van der Waals surface area contributed by atoms with Crippen LogP contribution in [0.25, 0.3) is 0 Å². The first-order chi connectivity index (χ1) is 16.7. The summed E-state index contributed by atoms with van der Waals surface area (Å²) in [6.07, 6.45) is 4.77. The van der Waals surface area contributed by atoms with Gasteiger partial charge in [0.15, 0.2) is 0 Å². The number of fused-ring (bicyclic) bond motifs is 2. The van der Waals surface area contributed by atoms with E-state index in [-0.39, 0.29) is 23.6 Å². The maximum atomic E-state index is 12.7. The van der Waals surface area contributed by atoms with Crippen LogP contribution in [0.15, 0.2) is 48.5 Å². The summed E-state index contributed by atoms with van der Waals surface area (Å²) in [6.45, 7) is 8.12. The van der Waals surface area contributed by atoms with E-state index in [1.165, 1.54) is 24.8 Å². The van der Waals surface area contributed by atoms with E-state index in [0.717, 1.165) is 18.0 Å². The van der Waals surface area contributed by atoms with Crippen molar-refractivity contribution in [2.24, 2.45) is 16.7 Å². The number of carbonyl (C=O) groups is 3. The van der Waals surface area contributed by atoms with Gasteiger partial charge in [-0.15, -0.1) is 0 Å². The van der Waals surface area contributed by atoms with Gasteiger partial charge in [-0.25, -0.2) is 0 Å². The van der Waals surface area contributed by atoms with Crippen molar-refractivity contribution in [1.82, 2.24) is 10.6 Å². The smallest absolute Gasteiger partial charge is 0.255 e. The minimum Gasteiger partial charge on any atom is -0.322 e. The monoisotopic (exact) mass is 473 g/mol. The molecular formula is C29H35N3O3. The van der Waals surface area contributed by atoms with E-state index in [0.29, 0.717) is 41.0 Å². The van der Waals surface area contributed by atoms with E-state index in [1.54, 1.807) is 12.1 Å². The van der Waals surface area contributed by atoms with Crippen LogP contribution in [0.3, 0.4) is 0 Å². The second-order valence-corrected chi connectivity index (χ2v) is 11.3. The molecule has 2 bridgehead atoms. The molecule has 2 saturated carbocycles. The molecule has 6 heteroatoms. The fraction of sp³-hybridized carbons (Fsp3) is 0.483. The number of carbonyl (C=O) groups excluding carboxylic acids is 3. The molecule has 1 aliphatic heterocycles. The van der Waals surface area contributed by atoms with Crippen molar-refractivity contribution >= 4 is 23.4 Å². The highest BCUT2D eigenvalue weighted by Crippen LogP contribution is 2.65. The number of amides is 3. The van der Waals surface area contributed by atoms with Crippen LogP contribution in [0.1, 0.15) is 80.3 Å². The molecule has 0 aromatic heterocycles. The molecular weight excluding hydrogens is 438 g/mol. The van der Waals surface area contributed by atoms with Gasteiger partial charge in [0, 0.05) is 30.3 Å². The Morgan fingerprint density at radius 3 is 2.31 bits per heavy atom. The summed E-state index contributed by atoms with van der Waals surface area (Å²) < 4.78 is 0. The minimum atomic E-state index is -0.327. The summed E-state index contributed by atoms with van der Waals surface area (Å²) in [5.74, 6) is -0.159. The van der Waals surface area contributed by atoms with Gasteiger partial charge in [-0.2, -0.15) is 0 Å². The number of rotatable bonds is 6. The van der Waals surface area contributed by atoms with Crippen molar-refractivity contribution in [2.75, 3.05) is 5.32 Å². The highest BCUT2D eigenvalue weighted by molar-refractivity contribution is 6.04. The second-order valence-electron chi connectivity index (χ2n) is 11.3. The van der Waals surface area contributed by atoms with Crippen LogP contribution in [0, 0.1) is 16.7 Å². The van der Waals surface area contributed by atoms with Crippen LogP contribution in [0.2, 0.25) is 0 Å². The van der Waals surface area contributed by atoms with Gasteiger partial charge >= 0.3 is 0 Å². The van der Waals surface area contributed by atoms with Gasteiger partial charge in [0.25, 0.3) is 5.91 Å². The third-order valence-electron chi connectivity index (χ3n) is 9.37. The van der Waals surface area contributed by atoms with E-state index < -0.39 is 0 Å². The first-order valence-corrected chi connectivity index (χ1v) is 12.7. The molecule has 3 amide bonds. The van der Waals surface area contributed by atoms with Crippen molar-refractivity contribution in [2.45, 2.75) is 71.4 Å². The third kappa shape index (κ3) is 4.29. The highest BCUT2D eigenvalue weighted by Gasteiger charge is 2.60. The van der Waals surface area contributed by atoms with Gasteiger partial charge in [0.1, 0.15) is 0 Å². The fourth-order valence-electron chi connectivity index (χ4n) is 6.54. The van der Waals surface area contributed by atoms with Gasteiger partial charge in [-0.05, 0) is 77.8 Å². The Bertz CT molecular complexity index is 1140. The summed E-state index contributed by atoms with van der Waals surface area (Å²) in [4.78, 5) is 36.2. The number of benzene rings is 2. The van der Waals surface area contributed by atoms with Crippen molar-refractivity contribution in [3.05, 3.63) is 65.2 Å². The average Bonchev–Trinajstić information content (AvgIpc) is 3.17. The van der Waals surface area contributed by atoms with Crippen LogP contribution in [-0.2, 0) is 16.1 Å². The Morgan fingerprint density at radius 1 is 1.00 bits per heavy atom. The Balaban J connectivity index is 1.15. The topological polar surface area (TPSA) is 87.3 Å². The Labute approximate surface area is 207 Å². The Kier molecular flexibility index (Phi) is 6.04. The predicted octanol–water partition coefficient (Wildman–Crippen LogP) is 4.76. The van der Waals surface area contributed by atoms with Gasteiger partial charge in [0.05, 0.1) is 5.92 Å². The van der Waals surface area contributed by atoms with E-state index >= 15 is 0 Å². The quantitative estimate of drug-likeness (QED) is 0.528. The molecule has 0 spiro atoms. The number of anilines is 1. The summed E-state index contributed by atoms with van der Waals surface area (Å²) in [5.41, 5.74) is 4.05. The van der Waals surface area contributed by atoms with Crippen LogP contribution in [0.5, 0.6) is 0 Å². The predicted molar refractivity (Wildman–Crippen MR) is 136 cm³/mol. The normalized spacial score (nSPS) is 29.2. The second kappa shape index (κ2) is 8.90. The number of piperidine rings is 1. The van der Waals surface area contributed by atoms with Gasteiger partial charge in [-0.3, -0.25) is 19.7 Å². The van der Waals surface area contributed by atoms with Crippen molar-refractivity contribution in [3.8, 4) is 0 Å². The molecule has 0 radical (unpaired) electrons. The average molecular weight is 474 g/mol. The summed E-state index contributed by atoms with van der Waals surface area (Å²) in [7, 11) is 0. The molecule has 2 aromatic rings. The van der Waals surface area contributed by atoms with Crippen LogP contribution >= 0.6 is 0 Å². The molecule has 3 N–H and O–H groups in total. The molecule has 1 saturated heterocycles. The summed E-state index contributed by atoms with van der Waals surface area (Å²) >= 11 is 0. The zero-order valence-electron chi connectivity index (χ0n) is 20.8. The number of nitrogens with one attached hydrogen (secondary N) is 3. The SMILES string of the molecule is CC1(C)[C@@H]2CC[C@@]1(C)[C@@H](NCc1ccc(C(=O)Nc3ccc(C4CCC(=O)NC4=O)cc3)cc1)C2. The summed E-state index contributed by atoms with van der Waals surface area (Å²) in [6, 6.07) is 15.6. The molecule has 35 heavy (non-hydrogen) atoms. The van der Waals surface area contributed by atoms with Crippen LogP contribution in [0.4, 0.5) is 5.69 Å². The largest absolute Gasteiger partial charge is 0.322 e. The number of hydrogen-bond donors (Lipinski definition) is 3. The molecule has 184 valence electrons. The lowest BCUT2D eigenvalue weighted by Crippen LogP contribution is -2.44. The maximum absolute atomic E-state index is 12.7. The van der Waals surface area contributed by atoms with E-state index in [4.69, 9.17) is 0 Å². The molecule has 5 rings (SSSR count).